The Morgan fingerprint density at radius 3 is 2.04 bits per heavy atom. The van der Waals surface area contributed by atoms with Gasteiger partial charge >= 0.3 is 5.97 Å². The van der Waals surface area contributed by atoms with Gasteiger partial charge in [-0.3, -0.25) is 14.4 Å². The Balaban J connectivity index is 0.00000386. The van der Waals surface area contributed by atoms with Crippen molar-refractivity contribution in [2.75, 3.05) is 34.9 Å². The van der Waals surface area contributed by atoms with E-state index in [4.69, 9.17) is 52.5 Å². The predicted molar refractivity (Wildman–Crippen MR) is 239 cm³/mol. The van der Waals surface area contributed by atoms with Crippen molar-refractivity contribution < 1.29 is 92.4 Å². The molecule has 0 aromatic carbocycles. The van der Waals surface area contributed by atoms with Gasteiger partial charge in [-0.05, 0) is 73.5 Å². The summed E-state index contributed by atoms with van der Waals surface area (Å²) in [5.74, 6) is -3.59. The van der Waals surface area contributed by atoms with Gasteiger partial charge in [-0.2, -0.15) is 0 Å². The molecule has 20 nitrogen and oxygen atoms in total. The summed E-state index contributed by atoms with van der Waals surface area (Å²) in [6.45, 7) is 13.4. The highest BCUT2D eigenvalue weighted by Crippen LogP contribution is 2.37. The van der Waals surface area contributed by atoms with Crippen LogP contribution in [0.1, 0.15) is 87.5 Å². The Hall–Kier alpha value is -2.80. The number of nitrogens with zero attached hydrogens (tertiary/aromatic N) is 1. The molecule has 1 unspecified atom stereocenters. The van der Waals surface area contributed by atoms with Crippen LogP contribution in [0.5, 0.6) is 0 Å². The van der Waals surface area contributed by atoms with Crippen LogP contribution in [0.15, 0.2) is 23.8 Å². The molecular formula is C47H79NO19. The number of carbonyl (C=O) groups excluding carboxylic acids is 3. The van der Waals surface area contributed by atoms with Gasteiger partial charge in [0.2, 0.25) is 0 Å². The molecule has 0 bridgehead atoms. The monoisotopic (exact) mass is 962 g/mol. The Labute approximate surface area is 394 Å². The van der Waals surface area contributed by atoms with Crippen LogP contribution in [0.3, 0.4) is 0 Å². The van der Waals surface area contributed by atoms with E-state index in [2.05, 4.69) is 0 Å². The zero-order chi connectivity index (χ0) is 50.5. The van der Waals surface area contributed by atoms with E-state index < -0.39 is 140 Å². The highest BCUT2D eigenvalue weighted by atomic mass is 16.7. The molecule has 386 valence electrons. The van der Waals surface area contributed by atoms with Crippen molar-refractivity contribution in [3.05, 3.63) is 23.8 Å². The highest BCUT2D eigenvalue weighted by Gasteiger charge is 2.52. The first-order valence-corrected chi connectivity index (χ1v) is 23.2. The van der Waals surface area contributed by atoms with Crippen LogP contribution in [0.4, 0.5) is 0 Å². The minimum Gasteiger partial charge on any atom is -0.483 e. The third-order valence-corrected chi connectivity index (χ3v) is 13.4. The van der Waals surface area contributed by atoms with E-state index in [0.717, 1.165) is 6.29 Å². The zero-order valence-electron chi connectivity index (χ0n) is 41.1. The maximum Gasteiger partial charge on any atom is 0.308 e. The molecule has 3 fully saturated rings. The molecule has 0 aromatic heterocycles. The minimum absolute atomic E-state index is 0.00788. The lowest BCUT2D eigenvalue weighted by molar-refractivity contribution is -0.341. The SMILES string of the molecule is CC[C@H]1OC(=O)C[C@@H](O)[C@H](C)[C@@H](O[C@H]2O[C@H](C)[C@@H](O[C@H]3C[C@@](C)(O)[C@@H](O)[C@H](C)O3)[C@H](N(C)C)[C@H]2O)[C@@H](CC=O)C[C@@H](C)C(=O)/C=C/C(C)=C/C1CO[C@@H]1O[C@H](C)[C@@H](O)[C@@H](OC)[C@H]1OC.O=CO. The first-order valence-electron chi connectivity index (χ1n) is 23.2. The summed E-state index contributed by atoms with van der Waals surface area (Å²) in [5, 5.41) is 62.7. The number of aldehydes is 1. The van der Waals surface area contributed by atoms with E-state index in [1.807, 2.05) is 19.9 Å². The number of ether oxygens (including phenoxy) is 9. The van der Waals surface area contributed by atoms with Gasteiger partial charge in [0.1, 0.15) is 49.0 Å². The van der Waals surface area contributed by atoms with Crippen molar-refractivity contribution in [2.24, 2.45) is 23.7 Å². The molecule has 4 aliphatic heterocycles. The summed E-state index contributed by atoms with van der Waals surface area (Å²) in [5.41, 5.74) is -0.806. The standard InChI is InChI=1S/C46H77NO17.CH2O2/c1-13-33-30(22-58-45-42(57-12)41(56-11)37(52)26(5)60-45)18-23(2)14-15-31(49)24(3)19-29(16-17-48)39(25(4)32(50)20-34(51)62-33)64-44-38(53)36(47(9)10)40(27(6)61-44)63-35-21-46(8,55)43(54)28(7)59-35;2-1-3/h14-15,17-18,24-30,32-33,35-45,50,52-55H,13,16,19-22H2,1-12H3;1H,(H,2,3)/b15-14+,23-18+;/t24-,25+,26-,27-,28+,29+,30?,32-,33-,35+,36-,37-,38-,39-,40-,41-,42-,43+,44-,45-,46-;/m1./s1. The molecule has 20 heteroatoms. The average molecular weight is 962 g/mol. The Morgan fingerprint density at radius 1 is 0.851 bits per heavy atom. The largest absolute Gasteiger partial charge is 0.483 e. The Kier molecular flexibility index (Phi) is 23.6. The van der Waals surface area contributed by atoms with Gasteiger partial charge in [-0.15, -0.1) is 0 Å². The molecular weight excluding hydrogens is 883 g/mol. The Morgan fingerprint density at radius 2 is 1.48 bits per heavy atom. The molecule has 0 amide bonds. The second kappa shape index (κ2) is 27.0. The molecule has 21 atom stereocenters. The number of carboxylic acid groups (broad SMARTS) is 1. The first kappa shape index (κ1) is 58.5. The molecule has 4 rings (SSSR count). The molecule has 3 saturated heterocycles. The number of aliphatic hydroxyl groups excluding tert-OH is 4. The van der Waals surface area contributed by atoms with E-state index >= 15 is 0 Å². The predicted octanol–water partition coefficient (Wildman–Crippen LogP) is 1.53. The van der Waals surface area contributed by atoms with Gasteiger partial charge in [-0.25, -0.2) is 0 Å². The molecule has 67 heavy (non-hydrogen) atoms. The van der Waals surface area contributed by atoms with Crippen LogP contribution in [0, 0.1) is 23.7 Å². The lowest BCUT2D eigenvalue weighted by atomic mass is 9.79. The molecule has 0 saturated carbocycles. The van der Waals surface area contributed by atoms with E-state index in [9.17, 15) is 39.9 Å². The number of hydrogen-bond acceptors (Lipinski definition) is 19. The van der Waals surface area contributed by atoms with E-state index in [1.165, 1.54) is 27.2 Å². The molecule has 0 aliphatic carbocycles. The van der Waals surface area contributed by atoms with Gasteiger partial charge in [0.25, 0.3) is 6.47 Å². The summed E-state index contributed by atoms with van der Waals surface area (Å²) in [7, 11) is 6.43. The highest BCUT2D eigenvalue weighted by molar-refractivity contribution is 5.91. The summed E-state index contributed by atoms with van der Waals surface area (Å²) >= 11 is 0. The van der Waals surface area contributed by atoms with Crippen LogP contribution >= 0.6 is 0 Å². The second-order valence-corrected chi connectivity index (χ2v) is 18.8. The van der Waals surface area contributed by atoms with Crippen molar-refractivity contribution in [3.63, 3.8) is 0 Å². The first-order chi connectivity index (χ1) is 31.5. The van der Waals surface area contributed by atoms with Gasteiger partial charge in [0.15, 0.2) is 24.7 Å². The summed E-state index contributed by atoms with van der Waals surface area (Å²) in [6.07, 6.45) is -8.49. The second-order valence-electron chi connectivity index (χ2n) is 18.8. The van der Waals surface area contributed by atoms with E-state index in [-0.39, 0.29) is 38.1 Å². The fraction of sp³-hybridized carbons (Fsp3) is 0.830. The number of allylic oxidation sites excluding steroid dienone is 3. The minimum atomic E-state index is -1.49. The molecule has 0 spiro atoms. The number of aliphatic hydroxyl groups is 5. The quantitative estimate of drug-likeness (QED) is 0.113. The molecule has 4 heterocycles. The van der Waals surface area contributed by atoms with Crippen LogP contribution in [-0.4, -0.2) is 199 Å². The van der Waals surface area contributed by atoms with Crippen LogP contribution in [-0.2, 0) is 61.8 Å². The zero-order valence-corrected chi connectivity index (χ0v) is 41.1. The number of methoxy groups -OCH3 is 2. The summed E-state index contributed by atoms with van der Waals surface area (Å²) in [4.78, 5) is 49.9. The number of ketones is 1. The number of carbonyl (C=O) groups is 4. The van der Waals surface area contributed by atoms with Gasteiger partial charge in [-0.1, -0.05) is 38.5 Å². The van der Waals surface area contributed by atoms with Gasteiger partial charge in [0.05, 0.1) is 55.2 Å². The van der Waals surface area contributed by atoms with Crippen molar-refractivity contribution in [1.29, 1.82) is 0 Å². The maximum atomic E-state index is 13.8. The van der Waals surface area contributed by atoms with E-state index in [0.29, 0.717) is 12.0 Å². The molecule has 6 N–H and O–H groups in total. The van der Waals surface area contributed by atoms with Crippen molar-refractivity contribution in [1.82, 2.24) is 4.90 Å². The summed E-state index contributed by atoms with van der Waals surface area (Å²) in [6, 6.07) is -0.748. The number of likely N-dealkylation sites (N-methyl/N-ethyl adjacent to an activating group) is 1. The smallest absolute Gasteiger partial charge is 0.308 e. The number of cyclic esters (lactones) is 1. The molecule has 4 aliphatic rings. The van der Waals surface area contributed by atoms with Crippen molar-refractivity contribution in [2.45, 2.75) is 191 Å². The Bertz CT molecular complexity index is 1610. The number of hydrogen-bond donors (Lipinski definition) is 6. The van der Waals surface area contributed by atoms with Crippen LogP contribution in [0.2, 0.25) is 0 Å². The van der Waals surface area contributed by atoms with Crippen LogP contribution < -0.4 is 0 Å². The van der Waals surface area contributed by atoms with Gasteiger partial charge in [0, 0.05) is 44.8 Å². The molecule has 0 aromatic rings. The average Bonchev–Trinajstić information content (AvgIpc) is 3.26. The van der Waals surface area contributed by atoms with E-state index in [1.54, 1.807) is 59.7 Å². The van der Waals surface area contributed by atoms with Gasteiger partial charge < -0.3 is 83.0 Å². The normalized spacial score (nSPS) is 44.1. The van der Waals surface area contributed by atoms with Crippen molar-refractivity contribution >= 4 is 24.5 Å². The number of rotatable bonds is 13. The third-order valence-electron chi connectivity index (χ3n) is 13.4. The topological polar surface area (TPSA) is 276 Å². The lowest BCUT2D eigenvalue weighted by Crippen LogP contribution is -2.65. The number of esters is 1. The lowest BCUT2D eigenvalue weighted by Gasteiger charge is -2.50. The van der Waals surface area contributed by atoms with Crippen LogP contribution in [0.25, 0.3) is 0 Å². The summed E-state index contributed by atoms with van der Waals surface area (Å²) < 4.78 is 54.7. The fourth-order valence-corrected chi connectivity index (χ4v) is 9.51. The molecule has 0 radical (unpaired) electrons. The van der Waals surface area contributed by atoms with Crippen molar-refractivity contribution in [3.8, 4) is 0 Å². The third kappa shape index (κ3) is 15.6. The maximum absolute atomic E-state index is 13.8. The fourth-order valence-electron chi connectivity index (χ4n) is 9.51.